The molecule has 0 amide bonds. The van der Waals surface area contributed by atoms with Crippen LogP contribution in [0.5, 0.6) is 0 Å². The maximum absolute atomic E-state index is 2.56. The molecule has 0 nitrogen and oxygen atoms in total. The van der Waals surface area contributed by atoms with Crippen LogP contribution in [0.3, 0.4) is 0 Å². The molecule has 1 aliphatic rings. The fourth-order valence-corrected chi connectivity index (χ4v) is 12.5. The number of rotatable bonds is 9. The fourth-order valence-electron chi connectivity index (χ4n) is 7.84. The van der Waals surface area contributed by atoms with Crippen LogP contribution in [0.2, 0.25) is 0 Å². The molecule has 2 heteroatoms. The maximum atomic E-state index is 2.56. The van der Waals surface area contributed by atoms with Gasteiger partial charge in [0.05, 0.1) is 0 Å². The second-order valence-corrected chi connectivity index (χ2v) is 17.8. The second kappa shape index (κ2) is 14.7. The third kappa shape index (κ3) is 6.35. The summed E-state index contributed by atoms with van der Waals surface area (Å²) in [6.07, 6.45) is 0.902. The molecule has 0 heterocycles. The Bertz CT molecular complexity index is 2210. The van der Waals surface area contributed by atoms with Gasteiger partial charge in [0.15, 0.2) is 0 Å². The Morgan fingerprint density at radius 2 is 0.673 bits per heavy atom. The summed E-state index contributed by atoms with van der Waals surface area (Å²) >= 11 is 0. The van der Waals surface area contributed by atoms with Crippen LogP contribution in [0.1, 0.15) is 33.7 Å². The minimum atomic E-state index is -0.738. The van der Waals surface area contributed by atoms with Crippen LogP contribution in [0.25, 0.3) is 11.1 Å². The second-order valence-electron chi connectivity index (χ2n) is 13.4. The summed E-state index contributed by atoms with van der Waals surface area (Å²) in [5.74, 6) is 0.122. The van der Waals surface area contributed by atoms with Crippen LogP contribution in [-0.2, 0) is 6.42 Å². The molecule has 0 N–H and O–H groups in total. The van der Waals surface area contributed by atoms with E-state index < -0.39 is 15.8 Å². The first-order chi connectivity index (χ1) is 25.8. The SMILES string of the molecule is c1ccc(Cc2ccccc2C2c3cc(P(c4ccccc4)c4ccccc4)ccc3-c3ccc(P(c4ccccc4)c4ccccc4)cc32)cc1. The van der Waals surface area contributed by atoms with Gasteiger partial charge in [-0.2, -0.15) is 0 Å². The van der Waals surface area contributed by atoms with E-state index in [4.69, 9.17) is 0 Å². The molecule has 8 aromatic carbocycles. The van der Waals surface area contributed by atoms with E-state index in [-0.39, 0.29) is 5.92 Å². The van der Waals surface area contributed by atoms with Gasteiger partial charge in [-0.1, -0.05) is 200 Å². The first-order valence-electron chi connectivity index (χ1n) is 18.0. The average Bonchev–Trinajstić information content (AvgIpc) is 3.53. The monoisotopic (exact) mass is 700 g/mol. The minimum absolute atomic E-state index is 0.122. The van der Waals surface area contributed by atoms with Crippen LogP contribution in [0, 0.1) is 0 Å². The lowest BCUT2D eigenvalue weighted by molar-refractivity contribution is 0.978. The van der Waals surface area contributed by atoms with Crippen molar-refractivity contribution in [2.24, 2.45) is 0 Å². The zero-order valence-corrected chi connectivity index (χ0v) is 30.7. The van der Waals surface area contributed by atoms with Crippen molar-refractivity contribution in [2.45, 2.75) is 12.3 Å². The molecule has 0 bridgehead atoms. The van der Waals surface area contributed by atoms with Gasteiger partial charge >= 0.3 is 0 Å². The highest BCUT2D eigenvalue weighted by molar-refractivity contribution is 7.80. The zero-order valence-electron chi connectivity index (χ0n) is 28.9. The first kappa shape index (κ1) is 32.5. The quantitative estimate of drug-likeness (QED) is 0.132. The molecular formula is C50H38P2. The molecular weight excluding hydrogens is 662 g/mol. The Morgan fingerprint density at radius 1 is 0.308 bits per heavy atom. The van der Waals surface area contributed by atoms with Crippen LogP contribution in [0.4, 0.5) is 0 Å². The van der Waals surface area contributed by atoms with Crippen molar-refractivity contribution in [3.63, 3.8) is 0 Å². The Hall–Kier alpha value is -5.38. The fraction of sp³-hybridized carbons (Fsp3) is 0.0400. The van der Waals surface area contributed by atoms with Crippen molar-refractivity contribution < 1.29 is 0 Å². The van der Waals surface area contributed by atoms with E-state index in [0.29, 0.717) is 0 Å². The van der Waals surface area contributed by atoms with E-state index in [0.717, 1.165) is 6.42 Å². The van der Waals surface area contributed by atoms with Gasteiger partial charge in [0.2, 0.25) is 0 Å². The number of hydrogen-bond acceptors (Lipinski definition) is 0. The summed E-state index contributed by atoms with van der Waals surface area (Å²) < 4.78 is 0. The van der Waals surface area contributed by atoms with Gasteiger partial charge in [-0.05, 0) is 105 Å². The van der Waals surface area contributed by atoms with Gasteiger partial charge in [-0.3, -0.25) is 0 Å². The molecule has 0 fully saturated rings. The Morgan fingerprint density at radius 3 is 1.10 bits per heavy atom. The van der Waals surface area contributed by atoms with Gasteiger partial charge < -0.3 is 0 Å². The lowest BCUT2D eigenvalue weighted by atomic mass is 9.85. The smallest absolute Gasteiger partial charge is 0.0355 e. The van der Waals surface area contributed by atoms with E-state index in [1.807, 2.05) is 0 Å². The number of hydrogen-bond donors (Lipinski definition) is 0. The minimum Gasteiger partial charge on any atom is -0.0622 e. The van der Waals surface area contributed by atoms with Crippen LogP contribution >= 0.6 is 15.8 Å². The molecule has 0 aromatic heterocycles. The van der Waals surface area contributed by atoms with Gasteiger partial charge in [-0.15, -0.1) is 0 Å². The lowest BCUT2D eigenvalue weighted by Crippen LogP contribution is -2.21. The summed E-state index contributed by atoms with van der Waals surface area (Å²) in [6, 6.07) is 79.2. The molecule has 0 saturated carbocycles. The predicted molar refractivity (Wildman–Crippen MR) is 226 cm³/mol. The van der Waals surface area contributed by atoms with Crippen molar-refractivity contribution >= 4 is 47.7 Å². The lowest BCUT2D eigenvalue weighted by Gasteiger charge is -2.24. The van der Waals surface area contributed by atoms with Crippen molar-refractivity contribution in [3.05, 3.63) is 240 Å². The van der Waals surface area contributed by atoms with E-state index in [9.17, 15) is 0 Å². The van der Waals surface area contributed by atoms with Gasteiger partial charge in [-0.25, -0.2) is 0 Å². The molecule has 0 aliphatic heterocycles. The normalized spacial score (nSPS) is 12.2. The Kier molecular flexibility index (Phi) is 9.19. The summed E-state index contributed by atoms with van der Waals surface area (Å²) in [5, 5.41) is 8.27. The molecule has 8 aromatic rings. The highest BCUT2D eigenvalue weighted by Crippen LogP contribution is 2.50. The van der Waals surface area contributed by atoms with Crippen LogP contribution in [0.15, 0.2) is 212 Å². The standard InChI is InChI=1S/C50H38P2/c1-6-18-37(19-7-1)34-38-20-16-17-29-45(38)50-48-35-43(51(39-21-8-2-9-22-39)40-23-10-3-11-24-40)30-32-46(48)47-33-31-44(36-49(47)50)52(41-25-12-4-13-26-41)42-27-14-5-15-28-42/h1-33,35-36,50H,34H2. The summed E-state index contributed by atoms with van der Waals surface area (Å²) in [6.45, 7) is 0. The predicted octanol–water partition coefficient (Wildman–Crippen LogP) is 9.95. The largest absolute Gasteiger partial charge is 0.0622 e. The number of fused-ring (bicyclic) bond motifs is 3. The number of benzene rings is 8. The topological polar surface area (TPSA) is 0 Å². The molecule has 9 rings (SSSR count). The van der Waals surface area contributed by atoms with Crippen molar-refractivity contribution in [1.82, 2.24) is 0 Å². The highest BCUT2D eigenvalue weighted by Gasteiger charge is 2.33. The van der Waals surface area contributed by atoms with E-state index in [1.54, 1.807) is 0 Å². The zero-order chi connectivity index (χ0) is 34.7. The van der Waals surface area contributed by atoms with E-state index in [1.165, 1.54) is 70.8 Å². The van der Waals surface area contributed by atoms with Crippen LogP contribution in [-0.4, -0.2) is 0 Å². The van der Waals surface area contributed by atoms with Crippen molar-refractivity contribution in [1.29, 1.82) is 0 Å². The van der Waals surface area contributed by atoms with E-state index >= 15 is 0 Å². The summed E-state index contributed by atoms with van der Waals surface area (Å²) in [4.78, 5) is 0. The summed E-state index contributed by atoms with van der Waals surface area (Å²) in [7, 11) is -1.48. The van der Waals surface area contributed by atoms with Crippen molar-refractivity contribution in [2.75, 3.05) is 0 Å². The molecule has 52 heavy (non-hydrogen) atoms. The molecule has 0 radical (unpaired) electrons. The molecule has 0 spiro atoms. The molecule has 0 unspecified atom stereocenters. The van der Waals surface area contributed by atoms with Gasteiger partial charge in [0, 0.05) is 5.92 Å². The summed E-state index contributed by atoms with van der Waals surface area (Å²) in [5.41, 5.74) is 9.64. The van der Waals surface area contributed by atoms with Crippen molar-refractivity contribution in [3.8, 4) is 11.1 Å². The maximum Gasteiger partial charge on any atom is 0.0355 e. The molecule has 248 valence electrons. The van der Waals surface area contributed by atoms with Crippen LogP contribution < -0.4 is 31.8 Å². The molecule has 0 atom stereocenters. The Balaban J connectivity index is 1.24. The first-order valence-corrected chi connectivity index (χ1v) is 20.7. The third-order valence-electron chi connectivity index (χ3n) is 10.2. The highest BCUT2D eigenvalue weighted by atomic mass is 31.1. The molecule has 0 saturated heterocycles. The Labute approximate surface area is 310 Å². The third-order valence-corrected chi connectivity index (χ3v) is 15.0. The molecule has 1 aliphatic carbocycles. The van der Waals surface area contributed by atoms with Gasteiger partial charge in [0.25, 0.3) is 0 Å². The van der Waals surface area contributed by atoms with E-state index in [2.05, 4.69) is 212 Å². The average molecular weight is 701 g/mol. The van der Waals surface area contributed by atoms with Gasteiger partial charge in [0.1, 0.15) is 0 Å².